The van der Waals surface area contributed by atoms with Crippen LogP contribution in [0.5, 0.6) is 5.75 Å². The molecule has 210 valence electrons. The van der Waals surface area contributed by atoms with E-state index in [1.807, 2.05) is 66.4 Å². The maximum absolute atomic E-state index is 13.7. The van der Waals surface area contributed by atoms with E-state index in [0.29, 0.717) is 37.5 Å². The highest BCUT2D eigenvalue weighted by Gasteiger charge is 2.29. The number of aromatic nitrogens is 2. The summed E-state index contributed by atoms with van der Waals surface area (Å²) in [7, 11) is 1.57. The number of aryl methyl sites for hydroxylation is 1. The van der Waals surface area contributed by atoms with Crippen molar-refractivity contribution in [3.05, 3.63) is 108 Å². The number of ether oxygens (including phenoxy) is 1. The molecule has 41 heavy (non-hydrogen) atoms. The van der Waals surface area contributed by atoms with E-state index in [1.165, 1.54) is 5.56 Å². The van der Waals surface area contributed by atoms with Crippen molar-refractivity contribution in [2.75, 3.05) is 44.7 Å². The fourth-order valence-electron chi connectivity index (χ4n) is 5.02. The largest absolute Gasteiger partial charge is 0.497 e. The number of nitrogens with zero attached hydrogens (tertiary/aromatic N) is 5. The van der Waals surface area contributed by atoms with Crippen molar-refractivity contribution in [1.82, 2.24) is 20.0 Å². The van der Waals surface area contributed by atoms with Crippen molar-refractivity contribution in [1.29, 1.82) is 0 Å². The number of methoxy groups -OCH3 is 1. The van der Waals surface area contributed by atoms with E-state index in [4.69, 9.17) is 4.74 Å². The molecule has 2 amide bonds. The molecule has 1 aliphatic heterocycles. The summed E-state index contributed by atoms with van der Waals surface area (Å²) in [6, 6.07) is 28.7. The first-order chi connectivity index (χ1) is 19.9. The molecule has 0 radical (unpaired) electrons. The Bertz CT molecular complexity index is 1470. The van der Waals surface area contributed by atoms with Crippen molar-refractivity contribution in [2.24, 2.45) is 0 Å². The third kappa shape index (κ3) is 6.54. The lowest BCUT2D eigenvalue weighted by atomic mass is 10.1. The SMILES string of the molecule is COc1cccc(C(=O)N(CC(=O)N2CCN(c3ccc(-c4ccc(C)cc4)nn3)CC2)[C@H](C)c2ccccc2)c1. The van der Waals surface area contributed by atoms with Gasteiger partial charge in [-0.3, -0.25) is 9.59 Å². The molecule has 8 nitrogen and oxygen atoms in total. The molecule has 1 aromatic heterocycles. The Kier molecular flexibility index (Phi) is 8.58. The van der Waals surface area contributed by atoms with Gasteiger partial charge < -0.3 is 19.4 Å². The number of carbonyl (C=O) groups is 2. The molecule has 4 aromatic rings. The van der Waals surface area contributed by atoms with Gasteiger partial charge in [-0.15, -0.1) is 10.2 Å². The average Bonchev–Trinajstić information content (AvgIpc) is 3.04. The summed E-state index contributed by atoms with van der Waals surface area (Å²) in [6.45, 7) is 6.37. The van der Waals surface area contributed by atoms with Crippen molar-refractivity contribution in [3.63, 3.8) is 0 Å². The van der Waals surface area contributed by atoms with Gasteiger partial charge in [-0.05, 0) is 49.7 Å². The Labute approximate surface area is 241 Å². The lowest BCUT2D eigenvalue weighted by molar-refractivity contribution is -0.132. The van der Waals surface area contributed by atoms with E-state index < -0.39 is 0 Å². The number of amides is 2. The van der Waals surface area contributed by atoms with Gasteiger partial charge in [0.25, 0.3) is 5.91 Å². The van der Waals surface area contributed by atoms with E-state index >= 15 is 0 Å². The second kappa shape index (κ2) is 12.6. The van der Waals surface area contributed by atoms with Gasteiger partial charge in [-0.1, -0.05) is 66.2 Å². The van der Waals surface area contributed by atoms with Crippen molar-refractivity contribution in [2.45, 2.75) is 19.9 Å². The zero-order valence-electron chi connectivity index (χ0n) is 23.7. The van der Waals surface area contributed by atoms with Crippen LogP contribution >= 0.6 is 0 Å². The van der Waals surface area contributed by atoms with Crippen LogP contribution < -0.4 is 9.64 Å². The molecule has 1 aliphatic rings. The summed E-state index contributed by atoms with van der Waals surface area (Å²) in [5.74, 6) is 1.10. The molecule has 1 atom stereocenters. The van der Waals surface area contributed by atoms with Crippen molar-refractivity contribution >= 4 is 17.6 Å². The minimum atomic E-state index is -0.289. The lowest BCUT2D eigenvalue weighted by Crippen LogP contribution is -2.52. The van der Waals surface area contributed by atoms with Gasteiger partial charge in [0.05, 0.1) is 18.8 Å². The first-order valence-corrected chi connectivity index (χ1v) is 13.9. The third-order valence-electron chi connectivity index (χ3n) is 7.59. The van der Waals surface area contributed by atoms with Crippen LogP contribution in [0.25, 0.3) is 11.3 Å². The van der Waals surface area contributed by atoms with E-state index in [2.05, 4.69) is 34.2 Å². The van der Waals surface area contributed by atoms with Gasteiger partial charge in [0.2, 0.25) is 5.91 Å². The molecule has 0 N–H and O–H groups in total. The summed E-state index contributed by atoms with van der Waals surface area (Å²) in [6.07, 6.45) is 0. The maximum atomic E-state index is 13.7. The molecule has 2 heterocycles. The minimum absolute atomic E-state index is 0.0167. The van der Waals surface area contributed by atoms with Gasteiger partial charge in [0.1, 0.15) is 12.3 Å². The monoisotopic (exact) mass is 549 g/mol. The van der Waals surface area contributed by atoms with Gasteiger partial charge in [-0.2, -0.15) is 0 Å². The van der Waals surface area contributed by atoms with E-state index in [1.54, 1.807) is 36.3 Å². The molecule has 3 aromatic carbocycles. The Hall–Kier alpha value is -4.72. The van der Waals surface area contributed by atoms with Crippen LogP contribution in [0.4, 0.5) is 5.82 Å². The van der Waals surface area contributed by atoms with Crippen molar-refractivity contribution < 1.29 is 14.3 Å². The topological polar surface area (TPSA) is 78.9 Å². The summed E-state index contributed by atoms with van der Waals surface area (Å²) in [5.41, 5.74) is 4.51. The molecule has 8 heteroatoms. The Morgan fingerprint density at radius 2 is 1.61 bits per heavy atom. The van der Waals surface area contributed by atoms with Gasteiger partial charge in [-0.25, -0.2) is 0 Å². The number of anilines is 1. The number of hydrogen-bond acceptors (Lipinski definition) is 6. The lowest BCUT2D eigenvalue weighted by Gasteiger charge is -2.37. The Morgan fingerprint density at radius 3 is 2.27 bits per heavy atom. The standard InChI is InChI=1S/C33H35N5O3/c1-24-12-14-27(15-13-24)30-16-17-31(35-34-30)36-18-20-37(21-19-36)32(39)23-38(25(2)26-8-5-4-6-9-26)33(40)28-10-7-11-29(22-28)41-3/h4-17,22,25H,18-21,23H2,1-3H3/t25-/m1/s1. The molecule has 0 saturated carbocycles. The number of rotatable bonds is 8. The fraction of sp³-hybridized carbons (Fsp3) is 0.273. The first kappa shape index (κ1) is 27.8. The Morgan fingerprint density at radius 1 is 0.878 bits per heavy atom. The molecular formula is C33H35N5O3. The third-order valence-corrected chi connectivity index (χ3v) is 7.59. The number of carbonyl (C=O) groups excluding carboxylic acids is 2. The molecule has 1 fully saturated rings. The molecule has 0 unspecified atom stereocenters. The number of benzene rings is 3. The van der Waals surface area contributed by atoms with E-state index in [0.717, 1.165) is 22.6 Å². The van der Waals surface area contributed by atoms with Gasteiger partial charge in [0, 0.05) is 37.3 Å². The van der Waals surface area contributed by atoms with Crippen LogP contribution in [0, 0.1) is 6.92 Å². The summed E-state index contributed by atoms with van der Waals surface area (Å²) in [5, 5.41) is 8.89. The highest BCUT2D eigenvalue weighted by atomic mass is 16.5. The molecule has 0 spiro atoms. The summed E-state index contributed by atoms with van der Waals surface area (Å²) < 4.78 is 5.33. The number of hydrogen-bond donors (Lipinski definition) is 0. The highest BCUT2D eigenvalue weighted by molar-refractivity contribution is 5.97. The maximum Gasteiger partial charge on any atom is 0.254 e. The smallest absolute Gasteiger partial charge is 0.254 e. The van der Waals surface area contributed by atoms with Crippen LogP contribution in [0.2, 0.25) is 0 Å². The fourth-order valence-corrected chi connectivity index (χ4v) is 5.02. The van der Waals surface area contributed by atoms with Gasteiger partial charge >= 0.3 is 0 Å². The minimum Gasteiger partial charge on any atom is -0.497 e. The highest BCUT2D eigenvalue weighted by Crippen LogP contribution is 2.25. The second-order valence-electron chi connectivity index (χ2n) is 10.3. The van der Waals surface area contributed by atoms with Crippen LogP contribution in [0.3, 0.4) is 0 Å². The number of piperazine rings is 1. The second-order valence-corrected chi connectivity index (χ2v) is 10.3. The van der Waals surface area contributed by atoms with Crippen LogP contribution in [0.15, 0.2) is 91.0 Å². The molecule has 0 aliphatic carbocycles. The molecular weight excluding hydrogens is 514 g/mol. The first-order valence-electron chi connectivity index (χ1n) is 13.9. The average molecular weight is 550 g/mol. The molecule has 0 bridgehead atoms. The van der Waals surface area contributed by atoms with E-state index in [9.17, 15) is 9.59 Å². The summed E-state index contributed by atoms with van der Waals surface area (Å²) >= 11 is 0. The Balaban J connectivity index is 1.25. The van der Waals surface area contributed by atoms with Gasteiger partial charge in [0.15, 0.2) is 5.82 Å². The van der Waals surface area contributed by atoms with E-state index in [-0.39, 0.29) is 24.4 Å². The predicted octanol–water partition coefficient (Wildman–Crippen LogP) is 5.01. The predicted molar refractivity (Wildman–Crippen MR) is 160 cm³/mol. The van der Waals surface area contributed by atoms with Crippen LogP contribution in [0.1, 0.15) is 34.5 Å². The molecule has 5 rings (SSSR count). The quantitative estimate of drug-likeness (QED) is 0.307. The molecule has 1 saturated heterocycles. The van der Waals surface area contributed by atoms with Crippen LogP contribution in [-0.2, 0) is 4.79 Å². The zero-order chi connectivity index (χ0) is 28.8. The summed E-state index contributed by atoms with van der Waals surface area (Å²) in [4.78, 5) is 32.9. The normalized spacial score (nSPS) is 13.9. The zero-order valence-corrected chi connectivity index (χ0v) is 23.7. The van der Waals surface area contributed by atoms with Crippen LogP contribution in [-0.4, -0.2) is 71.6 Å². The van der Waals surface area contributed by atoms with Crippen molar-refractivity contribution in [3.8, 4) is 17.0 Å².